The molecule has 6 rings (SSSR count). The van der Waals surface area contributed by atoms with E-state index < -0.39 is 0 Å². The summed E-state index contributed by atoms with van der Waals surface area (Å²) in [6.45, 7) is 1.27. The number of aliphatic imine (C=N–C) groups is 2. The number of nitrogens with two attached hydrogens (primary N) is 2. The van der Waals surface area contributed by atoms with Crippen molar-refractivity contribution in [1.29, 1.82) is 0 Å². The SMILES string of the molecule is Cn1c(-c2ccc(C=NNC(N)=NCCCCCCN=C(N)NN=Cc3ccc(-c4c[n+]5ccccc5n4C)cc3)cc2)c[n+]2ccccc12.I.[I-]. The highest BCUT2D eigenvalue weighted by Gasteiger charge is 2.16. The van der Waals surface area contributed by atoms with Crippen LogP contribution in [0.4, 0.5) is 0 Å². The van der Waals surface area contributed by atoms with Crippen LogP contribution in [0.15, 0.2) is 130 Å². The van der Waals surface area contributed by atoms with Gasteiger partial charge in [0, 0.05) is 36.3 Å². The first-order chi connectivity index (χ1) is 24.5. The standard InChI is InChI=1S/C38H44N12.2HI/c1-47-33(27-49-23-9-5-11-35(47)49)31-17-13-29(14-18-31)25-43-45-37(39)41-21-7-3-4-8-22-42-38(40)46-44-26-30-15-19-32(20-16-30)34-28-50-24-10-6-12-36(50)48(34)2;;/h5-6,9-20,23-28H,3-4,7-8,21-22H2,1-2H3,(H3,39,41,45)(H3,40,42,46);2*1H/q+2;;/p-1. The molecule has 0 spiro atoms. The van der Waals surface area contributed by atoms with Gasteiger partial charge in [0.1, 0.15) is 12.4 Å². The largest absolute Gasteiger partial charge is 1.00 e. The zero-order valence-electron chi connectivity index (χ0n) is 29.3. The molecule has 52 heavy (non-hydrogen) atoms. The van der Waals surface area contributed by atoms with Crippen molar-refractivity contribution in [2.24, 2.45) is 45.8 Å². The highest BCUT2D eigenvalue weighted by molar-refractivity contribution is 14.0. The van der Waals surface area contributed by atoms with Crippen molar-refractivity contribution in [1.82, 2.24) is 20.0 Å². The summed E-state index contributed by atoms with van der Waals surface area (Å²) in [5, 5.41) is 8.46. The van der Waals surface area contributed by atoms with Crippen molar-refractivity contribution < 1.29 is 32.8 Å². The molecule has 0 aliphatic carbocycles. The van der Waals surface area contributed by atoms with Crippen molar-refractivity contribution in [3.8, 4) is 22.5 Å². The van der Waals surface area contributed by atoms with E-state index >= 15 is 0 Å². The molecule has 0 aliphatic rings. The Morgan fingerprint density at radius 1 is 0.615 bits per heavy atom. The molecule has 6 N–H and O–H groups in total. The Morgan fingerprint density at radius 2 is 1.02 bits per heavy atom. The summed E-state index contributed by atoms with van der Waals surface area (Å²) in [5.74, 6) is 0.600. The molecule has 4 aromatic heterocycles. The number of nitrogens with one attached hydrogen (secondary N) is 2. The van der Waals surface area contributed by atoms with Crippen LogP contribution in [0.25, 0.3) is 33.8 Å². The van der Waals surface area contributed by atoms with Gasteiger partial charge in [-0.1, -0.05) is 49.2 Å². The first-order valence-electron chi connectivity index (χ1n) is 16.8. The number of hydrogen-bond acceptors (Lipinski definition) is 4. The number of unbranched alkanes of at least 4 members (excludes halogenated alkanes) is 3. The maximum Gasteiger partial charge on any atom is 0.286 e. The zero-order valence-corrected chi connectivity index (χ0v) is 33.8. The first-order valence-corrected chi connectivity index (χ1v) is 16.8. The average molecular weight is 924 g/mol. The molecule has 0 amide bonds. The van der Waals surface area contributed by atoms with Gasteiger partial charge in [-0.05, 0) is 60.4 Å². The zero-order chi connectivity index (χ0) is 34.7. The normalized spacial score (nSPS) is 12.0. The monoisotopic (exact) mass is 923 g/mol. The van der Waals surface area contributed by atoms with Gasteiger partial charge in [0.05, 0.1) is 38.9 Å². The number of imidazole rings is 2. The molecule has 0 bridgehead atoms. The van der Waals surface area contributed by atoms with Gasteiger partial charge in [0.25, 0.3) is 11.3 Å². The maximum absolute atomic E-state index is 5.98. The lowest BCUT2D eigenvalue weighted by molar-refractivity contribution is -0.510. The summed E-state index contributed by atoms with van der Waals surface area (Å²) in [6.07, 6.45) is 15.7. The Morgan fingerprint density at radius 3 is 1.40 bits per heavy atom. The molecule has 0 saturated carbocycles. The topological polar surface area (TPSA) is 144 Å². The van der Waals surface area contributed by atoms with E-state index in [1.165, 1.54) is 0 Å². The van der Waals surface area contributed by atoms with Crippen LogP contribution in [0.1, 0.15) is 36.8 Å². The Labute approximate surface area is 338 Å². The minimum Gasteiger partial charge on any atom is -1.00 e. The fraction of sp³-hybridized carbons (Fsp3) is 0.211. The Bertz CT molecular complexity index is 2010. The number of halogens is 2. The molecule has 270 valence electrons. The number of rotatable bonds is 13. The molecule has 0 unspecified atom stereocenters. The lowest BCUT2D eigenvalue weighted by Crippen LogP contribution is -3.00. The van der Waals surface area contributed by atoms with Gasteiger partial charge in [-0.3, -0.25) is 9.98 Å². The summed E-state index contributed by atoms with van der Waals surface area (Å²) < 4.78 is 8.59. The third kappa shape index (κ3) is 10.4. The number of aryl methyl sites for hydroxylation is 2. The van der Waals surface area contributed by atoms with Gasteiger partial charge in [-0.2, -0.15) is 10.2 Å². The van der Waals surface area contributed by atoms with E-state index in [9.17, 15) is 0 Å². The minimum absolute atomic E-state index is 0. The van der Waals surface area contributed by atoms with Crippen LogP contribution in [0.5, 0.6) is 0 Å². The van der Waals surface area contributed by atoms with Gasteiger partial charge in [0.15, 0.2) is 11.4 Å². The van der Waals surface area contributed by atoms with Crippen LogP contribution in [-0.4, -0.2) is 46.6 Å². The van der Waals surface area contributed by atoms with Gasteiger partial charge >= 0.3 is 0 Å². The number of hydrazone groups is 2. The highest BCUT2D eigenvalue weighted by Crippen LogP contribution is 2.21. The van der Waals surface area contributed by atoms with Crippen LogP contribution in [0, 0.1) is 0 Å². The summed E-state index contributed by atoms with van der Waals surface area (Å²) in [6, 6.07) is 28.8. The Kier molecular flexibility index (Phi) is 15.1. The summed E-state index contributed by atoms with van der Waals surface area (Å²) in [4.78, 5) is 8.73. The number of aromatic nitrogens is 4. The number of guanidine groups is 2. The van der Waals surface area contributed by atoms with Crippen molar-refractivity contribution in [2.75, 3.05) is 13.1 Å². The predicted molar refractivity (Wildman–Crippen MR) is 216 cm³/mol. The summed E-state index contributed by atoms with van der Waals surface area (Å²) >= 11 is 0. The number of pyridine rings is 2. The number of benzene rings is 2. The molecular weight excluding hydrogens is 878 g/mol. The molecular formula is C38H45I2N12+. The third-order valence-corrected chi connectivity index (χ3v) is 8.50. The van der Waals surface area contributed by atoms with Crippen LogP contribution < -0.4 is 55.1 Å². The molecule has 14 heteroatoms. The van der Waals surface area contributed by atoms with E-state index in [1.807, 2.05) is 48.5 Å². The molecule has 0 radical (unpaired) electrons. The molecule has 0 atom stereocenters. The second-order valence-corrected chi connectivity index (χ2v) is 12.0. The quantitative estimate of drug-likeness (QED) is 0.0349. The van der Waals surface area contributed by atoms with Crippen molar-refractivity contribution in [3.05, 3.63) is 121 Å². The minimum atomic E-state index is 0. The van der Waals surface area contributed by atoms with Gasteiger partial charge < -0.3 is 35.4 Å². The Balaban J connectivity index is 0.00000302. The first kappa shape index (κ1) is 39.9. The van der Waals surface area contributed by atoms with E-state index in [0.717, 1.165) is 70.6 Å². The molecule has 2 aromatic carbocycles. The van der Waals surface area contributed by atoms with E-state index in [1.54, 1.807) is 12.4 Å². The van der Waals surface area contributed by atoms with Crippen LogP contribution in [-0.2, 0) is 14.1 Å². The van der Waals surface area contributed by atoms with Crippen molar-refractivity contribution in [3.63, 3.8) is 0 Å². The van der Waals surface area contributed by atoms with E-state index in [2.05, 4.69) is 124 Å². The van der Waals surface area contributed by atoms with E-state index in [0.29, 0.717) is 25.0 Å². The predicted octanol–water partition coefficient (Wildman–Crippen LogP) is 1.53. The second kappa shape index (κ2) is 19.7. The third-order valence-electron chi connectivity index (χ3n) is 8.50. The van der Waals surface area contributed by atoms with Gasteiger partial charge in [0.2, 0.25) is 11.9 Å². The number of fused-ring (bicyclic) bond motifs is 2. The average Bonchev–Trinajstić information content (AvgIpc) is 3.66. The Hall–Kier alpha value is -4.84. The smallest absolute Gasteiger partial charge is 0.286 e. The van der Waals surface area contributed by atoms with Crippen molar-refractivity contribution >= 4 is 59.6 Å². The molecule has 4 heterocycles. The van der Waals surface area contributed by atoms with Gasteiger partial charge in [-0.25, -0.2) is 28.8 Å². The summed E-state index contributed by atoms with van der Waals surface area (Å²) in [5.41, 5.74) is 26.3. The van der Waals surface area contributed by atoms with Crippen LogP contribution >= 0.6 is 24.0 Å². The lowest BCUT2D eigenvalue weighted by Gasteiger charge is -2.02. The number of hydrogen-bond donors (Lipinski definition) is 4. The second-order valence-electron chi connectivity index (χ2n) is 12.0. The summed E-state index contributed by atoms with van der Waals surface area (Å²) in [7, 11) is 4.14. The molecule has 12 nitrogen and oxygen atoms in total. The van der Waals surface area contributed by atoms with Crippen LogP contribution in [0.3, 0.4) is 0 Å². The van der Waals surface area contributed by atoms with Gasteiger partial charge in [-0.15, -0.1) is 24.0 Å². The van der Waals surface area contributed by atoms with E-state index in [4.69, 9.17) is 11.5 Å². The maximum atomic E-state index is 5.98. The van der Waals surface area contributed by atoms with Crippen LogP contribution in [0.2, 0.25) is 0 Å². The van der Waals surface area contributed by atoms with E-state index in [-0.39, 0.29) is 48.0 Å². The molecule has 6 aromatic rings. The lowest BCUT2D eigenvalue weighted by atomic mass is 10.1. The number of nitrogens with zero attached hydrogens (tertiary/aromatic N) is 8. The molecule has 0 saturated heterocycles. The van der Waals surface area contributed by atoms with Crippen molar-refractivity contribution in [2.45, 2.75) is 25.7 Å². The molecule has 0 aliphatic heterocycles. The fourth-order valence-corrected chi connectivity index (χ4v) is 5.77. The molecule has 0 fully saturated rings. The highest BCUT2D eigenvalue weighted by atomic mass is 127. The fourth-order valence-electron chi connectivity index (χ4n) is 5.77.